The molecule has 6 heteroatoms. The highest BCUT2D eigenvalue weighted by Gasteiger charge is 2.21. The molecule has 0 fully saturated rings. The van der Waals surface area contributed by atoms with Gasteiger partial charge in [0, 0.05) is 17.1 Å². The number of nitrogens with zero attached hydrogens (tertiary/aromatic N) is 1. The lowest BCUT2D eigenvalue weighted by atomic mass is 10.1. The maximum absolute atomic E-state index is 12.2. The van der Waals surface area contributed by atoms with E-state index in [-0.39, 0.29) is 18.7 Å². The van der Waals surface area contributed by atoms with Crippen LogP contribution in [0.15, 0.2) is 30.5 Å². The molecule has 2 rings (SSSR count). The first kappa shape index (κ1) is 15.3. The van der Waals surface area contributed by atoms with E-state index >= 15 is 0 Å². The first-order chi connectivity index (χ1) is 10.6. The van der Waals surface area contributed by atoms with Gasteiger partial charge < -0.3 is 14.6 Å². The van der Waals surface area contributed by atoms with Crippen LogP contribution < -0.4 is 5.32 Å². The van der Waals surface area contributed by atoms with Crippen molar-refractivity contribution in [3.8, 4) is 12.3 Å². The predicted octanol–water partition coefficient (Wildman–Crippen LogP) is 0.746. The van der Waals surface area contributed by atoms with Gasteiger partial charge >= 0.3 is 5.97 Å². The van der Waals surface area contributed by atoms with Crippen LogP contribution in [0.5, 0.6) is 0 Å². The smallest absolute Gasteiger partial charge is 0.325 e. The lowest BCUT2D eigenvalue weighted by Crippen LogP contribution is -2.35. The molecule has 0 bridgehead atoms. The summed E-state index contributed by atoms with van der Waals surface area (Å²) in [5.41, 5.74) is 1.01. The van der Waals surface area contributed by atoms with Gasteiger partial charge in [-0.05, 0) is 6.07 Å². The Kier molecular flexibility index (Phi) is 4.59. The molecule has 1 N–H and O–H groups in total. The summed E-state index contributed by atoms with van der Waals surface area (Å²) in [4.78, 5) is 35.1. The van der Waals surface area contributed by atoms with E-state index in [2.05, 4.69) is 16.0 Å². The number of esters is 1. The summed E-state index contributed by atoms with van der Waals surface area (Å²) in [6.45, 7) is -0.0678. The minimum Gasteiger partial charge on any atom is -0.468 e. The van der Waals surface area contributed by atoms with E-state index in [1.54, 1.807) is 22.9 Å². The number of ether oxygens (including phenoxy) is 1. The number of aromatic nitrogens is 1. The number of carbonyl (C=O) groups is 3. The van der Waals surface area contributed by atoms with Crippen molar-refractivity contribution in [1.29, 1.82) is 0 Å². The molecule has 0 radical (unpaired) electrons. The fraction of sp³-hybridized carbons (Fsp3) is 0.188. The zero-order valence-corrected chi connectivity index (χ0v) is 12.0. The molecule has 1 heterocycles. The summed E-state index contributed by atoms with van der Waals surface area (Å²) in [7, 11) is 1.20. The summed E-state index contributed by atoms with van der Waals surface area (Å²) in [6.07, 6.45) is 6.85. The number of hydrogen-bond donors (Lipinski definition) is 1. The Morgan fingerprint density at radius 1 is 1.32 bits per heavy atom. The van der Waals surface area contributed by atoms with Crippen molar-refractivity contribution in [2.75, 3.05) is 13.7 Å². The van der Waals surface area contributed by atoms with Crippen molar-refractivity contribution in [2.24, 2.45) is 0 Å². The highest BCUT2D eigenvalue weighted by Crippen LogP contribution is 2.21. The number of rotatable bonds is 5. The molecule has 0 saturated carbocycles. The van der Waals surface area contributed by atoms with E-state index in [1.807, 2.05) is 12.1 Å². The van der Waals surface area contributed by atoms with Crippen molar-refractivity contribution in [3.63, 3.8) is 0 Å². The highest BCUT2D eigenvalue weighted by molar-refractivity contribution is 6.45. The van der Waals surface area contributed by atoms with Gasteiger partial charge in [0.2, 0.25) is 0 Å². The standard InChI is InChI=1S/C16H14N2O4/c1-3-8-18-10-12(11-6-4-5-7-13(11)18)15(20)16(21)17-9-14(19)22-2/h1,4-7,10H,8-9H2,2H3,(H,17,21). The molecule has 0 unspecified atom stereocenters. The largest absolute Gasteiger partial charge is 0.468 e. The zero-order valence-electron chi connectivity index (χ0n) is 12.0. The zero-order chi connectivity index (χ0) is 16.1. The van der Waals surface area contributed by atoms with E-state index in [0.29, 0.717) is 5.39 Å². The third-order valence-electron chi connectivity index (χ3n) is 3.12. The first-order valence-electron chi connectivity index (χ1n) is 6.49. The number of hydrogen-bond acceptors (Lipinski definition) is 4. The number of methoxy groups -OCH3 is 1. The molecule has 0 spiro atoms. The Balaban J connectivity index is 2.30. The minimum atomic E-state index is -0.867. The number of Topliss-reactive ketones (excluding diaryl/α,β-unsaturated/α-hetero) is 1. The molecule has 0 aliphatic carbocycles. The number of fused-ring (bicyclic) bond motifs is 1. The molecule has 6 nitrogen and oxygen atoms in total. The van der Waals surface area contributed by atoms with E-state index in [9.17, 15) is 14.4 Å². The van der Waals surface area contributed by atoms with Gasteiger partial charge in [-0.3, -0.25) is 14.4 Å². The lowest BCUT2D eigenvalue weighted by molar-refractivity contribution is -0.140. The number of ketones is 1. The van der Waals surface area contributed by atoms with Crippen LogP contribution in [0.2, 0.25) is 0 Å². The van der Waals surface area contributed by atoms with E-state index in [0.717, 1.165) is 5.52 Å². The van der Waals surface area contributed by atoms with Crippen molar-refractivity contribution >= 4 is 28.6 Å². The molecule has 2 aromatic rings. The van der Waals surface area contributed by atoms with Gasteiger partial charge in [-0.1, -0.05) is 24.1 Å². The van der Waals surface area contributed by atoms with Crippen LogP contribution in [0, 0.1) is 12.3 Å². The average molecular weight is 298 g/mol. The quantitative estimate of drug-likeness (QED) is 0.382. The van der Waals surface area contributed by atoms with Gasteiger partial charge in [-0.2, -0.15) is 0 Å². The molecule has 0 atom stereocenters. The summed E-state index contributed by atoms with van der Waals surface area (Å²) < 4.78 is 6.12. The van der Waals surface area contributed by atoms with Crippen LogP contribution in [-0.4, -0.2) is 35.9 Å². The Morgan fingerprint density at radius 3 is 2.73 bits per heavy atom. The molecule has 1 aromatic heterocycles. The third kappa shape index (κ3) is 2.99. The summed E-state index contributed by atoms with van der Waals surface area (Å²) in [5, 5.41) is 2.86. The van der Waals surface area contributed by atoms with Crippen LogP contribution in [-0.2, 0) is 20.9 Å². The van der Waals surface area contributed by atoms with Crippen LogP contribution in [0.3, 0.4) is 0 Å². The fourth-order valence-electron chi connectivity index (χ4n) is 2.08. The van der Waals surface area contributed by atoms with Crippen molar-refractivity contribution in [1.82, 2.24) is 9.88 Å². The van der Waals surface area contributed by atoms with Gasteiger partial charge in [0.15, 0.2) is 0 Å². The monoisotopic (exact) mass is 298 g/mol. The maximum Gasteiger partial charge on any atom is 0.325 e. The van der Waals surface area contributed by atoms with E-state index in [4.69, 9.17) is 6.42 Å². The molecule has 0 saturated heterocycles. The predicted molar refractivity (Wildman–Crippen MR) is 80.1 cm³/mol. The number of carbonyl (C=O) groups excluding carboxylic acids is 3. The summed E-state index contributed by atoms with van der Waals surface area (Å²) in [6, 6.07) is 7.14. The second-order valence-electron chi connectivity index (χ2n) is 4.48. The van der Waals surface area contributed by atoms with Gasteiger partial charge in [0.1, 0.15) is 6.54 Å². The van der Waals surface area contributed by atoms with Gasteiger partial charge in [0.25, 0.3) is 11.7 Å². The summed E-state index contributed by atoms with van der Waals surface area (Å²) in [5.74, 6) is 0.274. The molecular formula is C16H14N2O4. The number of amides is 1. The fourth-order valence-corrected chi connectivity index (χ4v) is 2.08. The normalized spacial score (nSPS) is 10.0. The van der Waals surface area contributed by atoms with Crippen LogP contribution in [0.4, 0.5) is 0 Å². The van der Waals surface area contributed by atoms with Gasteiger partial charge in [-0.25, -0.2) is 0 Å². The molecule has 0 aliphatic heterocycles. The molecule has 112 valence electrons. The van der Waals surface area contributed by atoms with Crippen molar-refractivity contribution < 1.29 is 19.1 Å². The van der Waals surface area contributed by atoms with Gasteiger partial charge in [0.05, 0.1) is 19.2 Å². The second-order valence-corrected chi connectivity index (χ2v) is 4.48. The average Bonchev–Trinajstić information content (AvgIpc) is 2.91. The van der Waals surface area contributed by atoms with Crippen molar-refractivity contribution in [3.05, 3.63) is 36.0 Å². The Labute approximate surface area is 127 Å². The number of terminal acetylenes is 1. The molecule has 1 aromatic carbocycles. The minimum absolute atomic E-state index is 0.244. The first-order valence-corrected chi connectivity index (χ1v) is 6.49. The Bertz CT molecular complexity index is 783. The van der Waals surface area contributed by atoms with Crippen LogP contribution in [0.1, 0.15) is 10.4 Å². The Hall–Kier alpha value is -3.07. The molecular weight excluding hydrogens is 284 g/mol. The Morgan fingerprint density at radius 2 is 2.05 bits per heavy atom. The summed E-state index contributed by atoms with van der Waals surface area (Å²) >= 11 is 0. The number of benzene rings is 1. The maximum atomic E-state index is 12.2. The second kappa shape index (κ2) is 6.59. The van der Waals surface area contributed by atoms with Crippen molar-refractivity contribution in [2.45, 2.75) is 6.54 Å². The molecule has 0 aliphatic rings. The lowest BCUT2D eigenvalue weighted by Gasteiger charge is -2.02. The topological polar surface area (TPSA) is 77.4 Å². The third-order valence-corrected chi connectivity index (χ3v) is 3.12. The number of para-hydroxylation sites is 1. The molecule has 1 amide bonds. The highest BCUT2D eigenvalue weighted by atomic mass is 16.5. The SMILES string of the molecule is C#CCn1cc(C(=O)C(=O)NCC(=O)OC)c2ccccc21. The van der Waals surface area contributed by atoms with Crippen LogP contribution >= 0.6 is 0 Å². The molecule has 22 heavy (non-hydrogen) atoms. The van der Waals surface area contributed by atoms with E-state index in [1.165, 1.54) is 7.11 Å². The number of nitrogens with one attached hydrogen (secondary N) is 1. The van der Waals surface area contributed by atoms with Gasteiger partial charge in [-0.15, -0.1) is 6.42 Å². The van der Waals surface area contributed by atoms with Crippen LogP contribution in [0.25, 0.3) is 10.9 Å². The van der Waals surface area contributed by atoms with E-state index < -0.39 is 17.7 Å².